The number of fused-ring (bicyclic) bond motifs is 6. The van der Waals surface area contributed by atoms with Gasteiger partial charge in [0.2, 0.25) is 0 Å². The van der Waals surface area contributed by atoms with Gasteiger partial charge in [0.1, 0.15) is 16.9 Å². The van der Waals surface area contributed by atoms with E-state index in [2.05, 4.69) is 72.0 Å². The van der Waals surface area contributed by atoms with Gasteiger partial charge in [-0.05, 0) is 88.7 Å². The lowest BCUT2D eigenvalue weighted by atomic mass is 10.1. The highest BCUT2D eigenvalue weighted by molar-refractivity contribution is 9.10. The lowest BCUT2D eigenvalue weighted by molar-refractivity contribution is -0.0500. The molecule has 0 bridgehead atoms. The average Bonchev–Trinajstić information content (AvgIpc) is 3.61. The van der Waals surface area contributed by atoms with Crippen LogP contribution in [0.15, 0.2) is 142 Å². The molecule has 6 aromatic carbocycles. The summed E-state index contributed by atoms with van der Waals surface area (Å²) in [5.41, 5.74) is 0.783. The highest BCUT2D eigenvalue weighted by Gasteiger charge is 2.48. The number of anilines is 3. The van der Waals surface area contributed by atoms with Crippen LogP contribution in [0, 0.1) is 0 Å². The van der Waals surface area contributed by atoms with Crippen molar-refractivity contribution in [3.8, 4) is 11.4 Å². The summed E-state index contributed by atoms with van der Waals surface area (Å²) < 4.78 is 75.9. The van der Waals surface area contributed by atoms with Crippen molar-refractivity contribution < 1.29 is 30.2 Å². The number of hydrogen-bond donors (Lipinski definition) is 0. The molecule has 6 nitrogen and oxygen atoms in total. The summed E-state index contributed by atoms with van der Waals surface area (Å²) in [6.45, 7) is 0. The van der Waals surface area contributed by atoms with Crippen molar-refractivity contribution in [2.24, 2.45) is 0 Å². The van der Waals surface area contributed by atoms with Crippen molar-refractivity contribution in [3.05, 3.63) is 138 Å². The van der Waals surface area contributed by atoms with Crippen molar-refractivity contribution in [2.45, 2.75) is 5.51 Å². The number of furan rings is 1. The summed E-state index contributed by atoms with van der Waals surface area (Å²) in [6.07, 6.45) is 0. The van der Waals surface area contributed by atoms with E-state index in [-0.39, 0.29) is 4.47 Å². The first-order chi connectivity index (χ1) is 23.1. The Balaban J connectivity index is 1.33. The van der Waals surface area contributed by atoms with E-state index < -0.39 is 21.4 Å². The van der Waals surface area contributed by atoms with Crippen LogP contribution < -0.4 is 9.08 Å². The van der Waals surface area contributed by atoms with Crippen LogP contribution in [0.4, 0.5) is 30.2 Å². The van der Waals surface area contributed by atoms with Gasteiger partial charge in [-0.3, -0.25) is 0 Å². The molecule has 0 fully saturated rings. The van der Waals surface area contributed by atoms with Crippen molar-refractivity contribution in [1.29, 1.82) is 0 Å². The van der Waals surface area contributed by atoms with Crippen LogP contribution in [0.2, 0.25) is 0 Å². The summed E-state index contributed by atoms with van der Waals surface area (Å²) >= 11 is 3.31. The fraction of sp³-hybridized carbons (Fsp3) is 0.0270. The molecule has 0 N–H and O–H groups in total. The third-order valence-electron chi connectivity index (χ3n) is 8.17. The minimum absolute atomic E-state index is 0.240. The molecule has 0 amide bonds. The van der Waals surface area contributed by atoms with E-state index in [4.69, 9.17) is 4.42 Å². The van der Waals surface area contributed by atoms with Crippen LogP contribution >= 0.6 is 15.9 Å². The monoisotopic (exact) mass is 726 g/mol. The molecule has 0 saturated heterocycles. The van der Waals surface area contributed by atoms with Gasteiger partial charge in [-0.25, -0.2) is 0 Å². The Morgan fingerprint density at radius 3 is 2.04 bits per heavy atom. The lowest BCUT2D eigenvalue weighted by Gasteiger charge is -2.26. The van der Waals surface area contributed by atoms with Crippen molar-refractivity contribution in [3.63, 3.8) is 0 Å². The van der Waals surface area contributed by atoms with E-state index in [9.17, 15) is 21.6 Å². The maximum absolute atomic E-state index is 13.1. The molecule has 0 radical (unpaired) electrons. The maximum atomic E-state index is 13.1. The molecule has 0 spiro atoms. The minimum Gasteiger partial charge on any atom is -0.455 e. The number of aromatic nitrogens is 1. The molecule has 8 rings (SSSR count). The summed E-state index contributed by atoms with van der Waals surface area (Å²) in [6, 6.07) is 42.4. The van der Waals surface area contributed by atoms with Gasteiger partial charge < -0.3 is 18.1 Å². The van der Waals surface area contributed by atoms with Crippen molar-refractivity contribution in [1.82, 2.24) is 4.57 Å². The molecule has 0 aliphatic carbocycles. The van der Waals surface area contributed by atoms with E-state index in [1.54, 1.807) is 6.07 Å². The lowest BCUT2D eigenvalue weighted by Crippen LogP contribution is -2.28. The number of rotatable bonds is 6. The Bertz CT molecular complexity index is 2620. The van der Waals surface area contributed by atoms with Crippen LogP contribution in [0.1, 0.15) is 0 Å². The molecule has 48 heavy (non-hydrogen) atoms. The average molecular weight is 728 g/mol. The first-order valence-corrected chi connectivity index (χ1v) is 16.9. The van der Waals surface area contributed by atoms with Gasteiger partial charge in [0.15, 0.2) is 0 Å². The Hall–Kier alpha value is -5.26. The van der Waals surface area contributed by atoms with Crippen LogP contribution in [-0.2, 0) is 10.1 Å². The zero-order valence-corrected chi connectivity index (χ0v) is 27.1. The quantitative estimate of drug-likeness (QED) is 0.126. The third-order valence-corrected chi connectivity index (χ3v) is 9.74. The second kappa shape index (κ2) is 11.2. The number of para-hydroxylation sites is 3. The summed E-state index contributed by atoms with van der Waals surface area (Å²) in [4.78, 5) is 2.08. The van der Waals surface area contributed by atoms with Gasteiger partial charge in [-0.15, -0.1) is 0 Å². The van der Waals surface area contributed by atoms with Gasteiger partial charge in [0.25, 0.3) is 0 Å². The van der Waals surface area contributed by atoms with Gasteiger partial charge in [0.05, 0.1) is 15.5 Å². The zero-order valence-electron chi connectivity index (χ0n) is 24.6. The molecule has 8 aromatic rings. The second-order valence-electron chi connectivity index (χ2n) is 11.1. The zero-order chi connectivity index (χ0) is 33.2. The van der Waals surface area contributed by atoms with E-state index in [0.717, 1.165) is 50.6 Å². The van der Waals surface area contributed by atoms with Crippen molar-refractivity contribution >= 4 is 86.9 Å². The number of nitrogens with zero attached hydrogens (tertiary/aromatic N) is 2. The van der Waals surface area contributed by atoms with Crippen LogP contribution in [-0.4, -0.2) is 18.5 Å². The van der Waals surface area contributed by atoms with E-state index in [1.807, 2.05) is 72.8 Å². The first-order valence-electron chi connectivity index (χ1n) is 14.7. The molecule has 0 unspecified atom stereocenters. The number of hydrogen-bond acceptors (Lipinski definition) is 5. The Labute approximate surface area is 280 Å². The van der Waals surface area contributed by atoms with E-state index in [0.29, 0.717) is 21.9 Å². The normalized spacial score (nSPS) is 12.3. The van der Waals surface area contributed by atoms with Gasteiger partial charge >= 0.3 is 15.6 Å². The molecular weight excluding hydrogens is 705 g/mol. The van der Waals surface area contributed by atoms with Crippen molar-refractivity contribution in [2.75, 3.05) is 4.90 Å². The smallest absolute Gasteiger partial charge is 0.455 e. The SMILES string of the molecule is O=S(=O)(Oc1cc(Br)c2oc3ccc(N(c4ccccc4)c4ccc5c6ccccc6n(-c6ccccc6)c5c4)cc3c2c1)C(F)(F)F. The fourth-order valence-corrected chi connectivity index (χ4v) is 7.10. The molecule has 11 heteroatoms. The number of halogens is 4. The largest absolute Gasteiger partial charge is 0.534 e. The Morgan fingerprint density at radius 1 is 0.646 bits per heavy atom. The predicted molar refractivity (Wildman–Crippen MR) is 186 cm³/mol. The summed E-state index contributed by atoms with van der Waals surface area (Å²) in [5, 5.41) is 3.14. The highest BCUT2D eigenvalue weighted by atomic mass is 79.9. The molecule has 0 atom stereocenters. The fourth-order valence-electron chi connectivity index (χ4n) is 6.14. The third kappa shape index (κ3) is 4.97. The standard InChI is InChI=1S/C37H22BrF3N2O4S/c38-32-22-27(47-48(44,45)37(39,40)41)21-31-30-19-25(16-18-35(30)46-36(31)32)42(23-9-3-1-4-10-23)26-15-17-29-28-13-7-8-14-33(28)43(34(29)20-26)24-11-5-2-6-12-24/h1-22H. The Morgan fingerprint density at radius 2 is 1.29 bits per heavy atom. The molecule has 0 saturated carbocycles. The highest BCUT2D eigenvalue weighted by Crippen LogP contribution is 2.43. The van der Waals surface area contributed by atoms with Crippen LogP contribution in [0.25, 0.3) is 49.4 Å². The van der Waals surface area contributed by atoms with Crippen LogP contribution in [0.3, 0.4) is 0 Å². The summed E-state index contributed by atoms with van der Waals surface area (Å²) in [7, 11) is -5.88. The van der Waals surface area contributed by atoms with Gasteiger partial charge in [0, 0.05) is 44.3 Å². The molecule has 0 aliphatic rings. The van der Waals surface area contributed by atoms with Gasteiger partial charge in [-0.1, -0.05) is 60.7 Å². The molecule has 238 valence electrons. The molecule has 2 heterocycles. The molecular formula is C37H22BrF3N2O4S. The number of benzene rings is 6. The Kier molecular flexibility index (Phi) is 7.01. The van der Waals surface area contributed by atoms with Gasteiger partial charge in [-0.2, -0.15) is 21.6 Å². The second-order valence-corrected chi connectivity index (χ2v) is 13.5. The summed E-state index contributed by atoms with van der Waals surface area (Å²) in [5.74, 6) is -0.501. The van der Waals surface area contributed by atoms with E-state index in [1.165, 1.54) is 6.07 Å². The topological polar surface area (TPSA) is 64.7 Å². The minimum atomic E-state index is -5.88. The predicted octanol–water partition coefficient (Wildman–Crippen LogP) is 11.1. The number of alkyl halides is 3. The molecule has 2 aromatic heterocycles. The first kappa shape index (κ1) is 30.1. The van der Waals surface area contributed by atoms with Crippen LogP contribution in [0.5, 0.6) is 5.75 Å². The maximum Gasteiger partial charge on any atom is 0.534 e. The van der Waals surface area contributed by atoms with E-state index >= 15 is 0 Å². The molecule has 0 aliphatic heterocycles.